The smallest absolute Gasteiger partial charge is 0.256 e. The molecule has 0 aliphatic heterocycles. The highest BCUT2D eigenvalue weighted by atomic mass is 16.1. The number of rotatable bonds is 2. The van der Waals surface area contributed by atoms with Crippen LogP contribution in [0.3, 0.4) is 0 Å². The molecule has 0 saturated carbocycles. The zero-order valence-electron chi connectivity index (χ0n) is 7.46. The summed E-state index contributed by atoms with van der Waals surface area (Å²) in [5.41, 5.74) is 0.390. The molecule has 0 radical (unpaired) electrons. The van der Waals surface area contributed by atoms with Crippen LogP contribution in [0.25, 0.3) is 0 Å². The van der Waals surface area contributed by atoms with Crippen molar-refractivity contribution in [3.63, 3.8) is 0 Å². The lowest BCUT2D eigenvalue weighted by Crippen LogP contribution is -2.17. The van der Waals surface area contributed by atoms with E-state index in [-0.39, 0.29) is 12.4 Å². The monoisotopic (exact) mass is 189 g/mol. The summed E-state index contributed by atoms with van der Waals surface area (Å²) in [5.74, 6) is 0.0942. The quantitative estimate of drug-likeness (QED) is 0.504. The van der Waals surface area contributed by atoms with E-state index in [2.05, 4.69) is 15.3 Å². The highest BCUT2D eigenvalue weighted by molar-refractivity contribution is 5.33. The summed E-state index contributed by atoms with van der Waals surface area (Å²) in [7, 11) is 0. The van der Waals surface area contributed by atoms with E-state index in [0.29, 0.717) is 11.3 Å². The van der Waals surface area contributed by atoms with Crippen molar-refractivity contribution in [2.45, 2.75) is 13.3 Å². The number of aromatic nitrogens is 2. The highest BCUT2D eigenvalue weighted by Gasteiger charge is 2.06. The Morgan fingerprint density at radius 2 is 2.29 bits per heavy atom. The maximum atomic E-state index is 11.3. The maximum Gasteiger partial charge on any atom is 0.256 e. The van der Waals surface area contributed by atoms with Gasteiger partial charge in [-0.2, -0.15) is 10.5 Å². The van der Waals surface area contributed by atoms with Crippen molar-refractivity contribution in [2.75, 3.05) is 5.32 Å². The summed E-state index contributed by atoms with van der Waals surface area (Å²) < 4.78 is 0. The molecule has 0 bridgehead atoms. The van der Waals surface area contributed by atoms with Crippen LogP contribution in [0.5, 0.6) is 0 Å². The molecule has 1 aromatic heterocycles. The van der Waals surface area contributed by atoms with Crippen molar-refractivity contribution in [1.82, 2.24) is 9.97 Å². The second kappa shape index (κ2) is 4.06. The first-order valence-corrected chi connectivity index (χ1v) is 3.81. The third-order valence-electron chi connectivity index (χ3n) is 1.65. The van der Waals surface area contributed by atoms with Gasteiger partial charge in [-0.15, -0.1) is 0 Å². The van der Waals surface area contributed by atoms with Gasteiger partial charge in [0.05, 0.1) is 23.7 Å². The molecule has 6 heteroatoms. The SMILES string of the molecule is Cc1nc(NC#N)[nH]c(=O)c1CC#N. The van der Waals surface area contributed by atoms with E-state index in [4.69, 9.17) is 10.5 Å². The Balaban J connectivity index is 3.21. The maximum absolute atomic E-state index is 11.3. The van der Waals surface area contributed by atoms with Gasteiger partial charge in [-0.3, -0.25) is 15.1 Å². The molecule has 14 heavy (non-hydrogen) atoms. The Labute approximate surface area is 79.8 Å². The molecule has 0 fully saturated rings. The van der Waals surface area contributed by atoms with Crippen molar-refractivity contribution < 1.29 is 0 Å². The van der Waals surface area contributed by atoms with Crippen LogP contribution >= 0.6 is 0 Å². The third kappa shape index (κ3) is 1.87. The number of hydrogen-bond acceptors (Lipinski definition) is 5. The minimum atomic E-state index is -0.392. The van der Waals surface area contributed by atoms with Gasteiger partial charge in [0.2, 0.25) is 5.95 Å². The molecule has 0 aromatic carbocycles. The fraction of sp³-hybridized carbons (Fsp3) is 0.250. The molecule has 0 unspecified atom stereocenters. The van der Waals surface area contributed by atoms with Crippen molar-refractivity contribution in [1.29, 1.82) is 10.5 Å². The van der Waals surface area contributed by atoms with Gasteiger partial charge in [-0.25, -0.2) is 4.98 Å². The summed E-state index contributed by atoms with van der Waals surface area (Å²) in [6.45, 7) is 1.62. The van der Waals surface area contributed by atoms with Crippen molar-refractivity contribution >= 4 is 5.95 Å². The summed E-state index contributed by atoms with van der Waals surface area (Å²) >= 11 is 0. The second-order valence-electron chi connectivity index (χ2n) is 2.55. The molecule has 0 saturated heterocycles. The Kier molecular flexibility index (Phi) is 2.82. The Morgan fingerprint density at radius 1 is 1.57 bits per heavy atom. The summed E-state index contributed by atoms with van der Waals surface area (Å²) in [6.07, 6.45) is 1.66. The molecule has 0 atom stereocenters. The lowest BCUT2D eigenvalue weighted by Gasteiger charge is -2.01. The first kappa shape index (κ1) is 9.75. The van der Waals surface area contributed by atoms with Crippen LogP contribution in [0.15, 0.2) is 4.79 Å². The number of anilines is 1. The molecule has 0 aliphatic carbocycles. The standard InChI is InChI=1S/C8H7N5O/c1-5-6(2-3-9)7(14)13-8(12-5)11-4-10/h2H2,1H3,(H2,11,12,13,14). The van der Waals surface area contributed by atoms with Crippen molar-refractivity contribution in [3.8, 4) is 12.3 Å². The molecule has 1 heterocycles. The van der Waals surface area contributed by atoms with Crippen LogP contribution in [0.1, 0.15) is 11.3 Å². The van der Waals surface area contributed by atoms with Gasteiger partial charge in [-0.1, -0.05) is 0 Å². The van der Waals surface area contributed by atoms with Gasteiger partial charge in [0.25, 0.3) is 5.56 Å². The molecular formula is C8H7N5O. The zero-order chi connectivity index (χ0) is 10.6. The molecule has 1 aromatic rings. The van der Waals surface area contributed by atoms with E-state index < -0.39 is 5.56 Å². The Morgan fingerprint density at radius 3 is 2.79 bits per heavy atom. The number of nitrogens with zero attached hydrogens (tertiary/aromatic N) is 3. The van der Waals surface area contributed by atoms with Gasteiger partial charge in [0, 0.05) is 0 Å². The third-order valence-corrected chi connectivity index (χ3v) is 1.65. The topological polar surface area (TPSA) is 105 Å². The predicted molar refractivity (Wildman–Crippen MR) is 48.1 cm³/mol. The van der Waals surface area contributed by atoms with E-state index in [1.165, 1.54) is 0 Å². The van der Waals surface area contributed by atoms with Crippen molar-refractivity contribution in [2.24, 2.45) is 0 Å². The lowest BCUT2D eigenvalue weighted by molar-refractivity contribution is 1.00. The minimum Gasteiger partial charge on any atom is -0.292 e. The van der Waals surface area contributed by atoms with Gasteiger partial charge in [0.15, 0.2) is 6.19 Å². The van der Waals surface area contributed by atoms with Gasteiger partial charge < -0.3 is 0 Å². The molecule has 0 amide bonds. The minimum absolute atomic E-state index is 0.0149. The zero-order valence-corrected chi connectivity index (χ0v) is 7.46. The lowest BCUT2D eigenvalue weighted by atomic mass is 10.2. The number of nitriles is 2. The van der Waals surface area contributed by atoms with Gasteiger partial charge >= 0.3 is 0 Å². The van der Waals surface area contributed by atoms with Crippen LogP contribution in [0, 0.1) is 29.7 Å². The summed E-state index contributed by atoms with van der Waals surface area (Å²) in [5, 5.41) is 19.0. The molecule has 6 nitrogen and oxygen atoms in total. The van der Waals surface area contributed by atoms with Crippen LogP contribution in [0.4, 0.5) is 5.95 Å². The van der Waals surface area contributed by atoms with E-state index in [1.54, 1.807) is 13.1 Å². The van der Waals surface area contributed by atoms with Gasteiger partial charge in [0.1, 0.15) is 0 Å². The normalized spacial score (nSPS) is 8.79. The van der Waals surface area contributed by atoms with Gasteiger partial charge in [-0.05, 0) is 6.92 Å². The summed E-state index contributed by atoms with van der Waals surface area (Å²) in [6, 6.07) is 1.87. The fourth-order valence-corrected chi connectivity index (χ4v) is 1.01. The fourth-order valence-electron chi connectivity index (χ4n) is 1.01. The first-order chi connectivity index (χ1) is 6.69. The van der Waals surface area contributed by atoms with E-state index in [9.17, 15) is 4.79 Å². The average Bonchev–Trinajstić information content (AvgIpc) is 2.12. The van der Waals surface area contributed by atoms with Crippen LogP contribution < -0.4 is 10.9 Å². The molecule has 1 rings (SSSR count). The predicted octanol–water partition coefficient (Wildman–Crippen LogP) is 0.0374. The van der Waals surface area contributed by atoms with E-state index >= 15 is 0 Å². The van der Waals surface area contributed by atoms with Crippen LogP contribution in [-0.4, -0.2) is 9.97 Å². The molecule has 0 spiro atoms. The molecular weight excluding hydrogens is 182 g/mol. The number of aromatic amines is 1. The molecule has 2 N–H and O–H groups in total. The molecule has 0 aliphatic rings. The number of aryl methyl sites for hydroxylation is 1. The Hall–Kier alpha value is -2.34. The largest absolute Gasteiger partial charge is 0.292 e. The number of nitrogens with one attached hydrogen (secondary N) is 2. The van der Waals surface area contributed by atoms with E-state index in [1.807, 2.05) is 6.07 Å². The average molecular weight is 189 g/mol. The van der Waals surface area contributed by atoms with Crippen LogP contribution in [-0.2, 0) is 6.42 Å². The Bertz CT molecular complexity index is 476. The first-order valence-electron chi connectivity index (χ1n) is 3.81. The van der Waals surface area contributed by atoms with Crippen molar-refractivity contribution in [3.05, 3.63) is 21.6 Å². The summed E-state index contributed by atoms with van der Waals surface area (Å²) in [4.78, 5) is 17.6. The second-order valence-corrected chi connectivity index (χ2v) is 2.55. The number of hydrogen-bond donors (Lipinski definition) is 2. The molecule has 70 valence electrons. The van der Waals surface area contributed by atoms with E-state index in [0.717, 1.165) is 0 Å². The van der Waals surface area contributed by atoms with Crippen LogP contribution in [0.2, 0.25) is 0 Å². The highest BCUT2D eigenvalue weighted by Crippen LogP contribution is 2.01. The number of H-pyrrole nitrogens is 1.